The predicted molar refractivity (Wildman–Crippen MR) is 47.3 cm³/mol. The SMILES string of the molecule is CO/C=C1\CCC(C)=C(C)C1. The van der Waals surface area contributed by atoms with Gasteiger partial charge in [-0.25, -0.2) is 0 Å². The van der Waals surface area contributed by atoms with E-state index >= 15 is 0 Å². The van der Waals surface area contributed by atoms with Crippen LogP contribution in [-0.4, -0.2) is 7.11 Å². The Morgan fingerprint density at radius 2 is 1.91 bits per heavy atom. The van der Waals surface area contributed by atoms with Crippen molar-refractivity contribution in [3.63, 3.8) is 0 Å². The molecule has 1 nitrogen and oxygen atoms in total. The van der Waals surface area contributed by atoms with E-state index < -0.39 is 0 Å². The van der Waals surface area contributed by atoms with Crippen LogP contribution in [0.1, 0.15) is 33.1 Å². The third kappa shape index (κ3) is 2.11. The topological polar surface area (TPSA) is 9.23 Å². The van der Waals surface area contributed by atoms with Crippen LogP contribution >= 0.6 is 0 Å². The van der Waals surface area contributed by atoms with E-state index in [-0.39, 0.29) is 0 Å². The molecule has 0 unspecified atom stereocenters. The molecule has 11 heavy (non-hydrogen) atoms. The molecule has 0 bridgehead atoms. The molecular formula is C10H16O. The lowest BCUT2D eigenvalue weighted by Crippen LogP contribution is -1.98. The van der Waals surface area contributed by atoms with Crippen LogP contribution in [0.15, 0.2) is 23.0 Å². The fraction of sp³-hybridized carbons (Fsp3) is 0.600. The minimum atomic E-state index is 1.11. The molecule has 0 aromatic carbocycles. The second-order valence-corrected chi connectivity index (χ2v) is 3.25. The van der Waals surface area contributed by atoms with Crippen LogP contribution in [0.4, 0.5) is 0 Å². The van der Waals surface area contributed by atoms with E-state index in [0.717, 1.165) is 6.42 Å². The lowest BCUT2D eigenvalue weighted by atomic mass is 9.90. The Morgan fingerprint density at radius 3 is 2.45 bits per heavy atom. The average molecular weight is 152 g/mol. The van der Waals surface area contributed by atoms with Crippen molar-refractivity contribution < 1.29 is 4.74 Å². The van der Waals surface area contributed by atoms with Crippen LogP contribution in [0.3, 0.4) is 0 Å². The average Bonchev–Trinajstić information content (AvgIpc) is 1.98. The molecule has 0 heterocycles. The predicted octanol–water partition coefficient (Wildman–Crippen LogP) is 3.04. The van der Waals surface area contributed by atoms with Crippen LogP contribution in [0.5, 0.6) is 0 Å². The van der Waals surface area contributed by atoms with E-state index in [1.165, 1.54) is 24.0 Å². The summed E-state index contributed by atoms with van der Waals surface area (Å²) in [6.07, 6.45) is 5.38. The molecule has 1 aliphatic rings. The van der Waals surface area contributed by atoms with Crippen LogP contribution < -0.4 is 0 Å². The van der Waals surface area contributed by atoms with Crippen LogP contribution in [0.25, 0.3) is 0 Å². The number of hydrogen-bond acceptors (Lipinski definition) is 1. The molecule has 0 aromatic rings. The number of hydrogen-bond donors (Lipinski definition) is 0. The number of ether oxygens (including phenoxy) is 1. The van der Waals surface area contributed by atoms with Gasteiger partial charge in [0.15, 0.2) is 0 Å². The van der Waals surface area contributed by atoms with Gasteiger partial charge >= 0.3 is 0 Å². The van der Waals surface area contributed by atoms with E-state index in [2.05, 4.69) is 13.8 Å². The molecule has 0 aliphatic heterocycles. The number of rotatable bonds is 1. The molecular weight excluding hydrogens is 136 g/mol. The minimum Gasteiger partial charge on any atom is -0.504 e. The van der Waals surface area contributed by atoms with Gasteiger partial charge in [0.2, 0.25) is 0 Å². The van der Waals surface area contributed by atoms with E-state index in [9.17, 15) is 0 Å². The molecule has 1 heteroatoms. The smallest absolute Gasteiger partial charge is 0.0819 e. The Morgan fingerprint density at radius 1 is 1.18 bits per heavy atom. The lowest BCUT2D eigenvalue weighted by Gasteiger charge is -2.16. The van der Waals surface area contributed by atoms with Crippen molar-refractivity contribution in [2.45, 2.75) is 33.1 Å². The van der Waals surface area contributed by atoms with Gasteiger partial charge in [-0.05, 0) is 38.7 Å². The Bertz CT molecular complexity index is 199. The molecule has 0 saturated carbocycles. The quantitative estimate of drug-likeness (QED) is 0.414. The van der Waals surface area contributed by atoms with Crippen molar-refractivity contribution in [1.82, 2.24) is 0 Å². The molecule has 1 rings (SSSR count). The molecule has 0 spiro atoms. The molecule has 62 valence electrons. The van der Waals surface area contributed by atoms with E-state index in [1.807, 2.05) is 6.26 Å². The monoisotopic (exact) mass is 152 g/mol. The van der Waals surface area contributed by atoms with Crippen molar-refractivity contribution in [1.29, 1.82) is 0 Å². The second kappa shape index (κ2) is 3.61. The molecule has 0 N–H and O–H groups in total. The standard InChI is InChI=1S/C10H16O/c1-8-4-5-10(7-11-3)6-9(8)2/h7H,4-6H2,1-3H3/b10-7+. The van der Waals surface area contributed by atoms with Crippen molar-refractivity contribution in [3.8, 4) is 0 Å². The highest BCUT2D eigenvalue weighted by Crippen LogP contribution is 2.27. The first-order chi connectivity index (χ1) is 5.24. The van der Waals surface area contributed by atoms with Gasteiger partial charge in [-0.1, -0.05) is 11.1 Å². The van der Waals surface area contributed by atoms with Gasteiger partial charge in [-0.15, -0.1) is 0 Å². The van der Waals surface area contributed by atoms with Crippen LogP contribution in [0, 0.1) is 0 Å². The molecule has 0 saturated heterocycles. The molecule has 0 atom stereocenters. The van der Waals surface area contributed by atoms with Gasteiger partial charge < -0.3 is 4.74 Å². The first kappa shape index (κ1) is 8.38. The molecule has 0 fully saturated rings. The van der Waals surface area contributed by atoms with Gasteiger partial charge in [0.05, 0.1) is 13.4 Å². The number of methoxy groups -OCH3 is 1. The van der Waals surface area contributed by atoms with Crippen molar-refractivity contribution in [2.75, 3.05) is 7.11 Å². The van der Waals surface area contributed by atoms with Gasteiger partial charge in [0, 0.05) is 0 Å². The summed E-state index contributed by atoms with van der Waals surface area (Å²) in [6, 6.07) is 0. The van der Waals surface area contributed by atoms with E-state index in [1.54, 1.807) is 12.7 Å². The van der Waals surface area contributed by atoms with Crippen LogP contribution in [-0.2, 0) is 4.74 Å². The summed E-state index contributed by atoms with van der Waals surface area (Å²) in [5.74, 6) is 0. The van der Waals surface area contributed by atoms with Gasteiger partial charge in [0.25, 0.3) is 0 Å². The van der Waals surface area contributed by atoms with Gasteiger partial charge in [-0.2, -0.15) is 0 Å². The summed E-state index contributed by atoms with van der Waals surface area (Å²) in [5.41, 5.74) is 4.49. The van der Waals surface area contributed by atoms with E-state index in [4.69, 9.17) is 4.74 Å². The van der Waals surface area contributed by atoms with Crippen LogP contribution in [0.2, 0.25) is 0 Å². The Labute approximate surface area is 68.8 Å². The Kier molecular flexibility index (Phi) is 2.75. The Balaban J connectivity index is 2.64. The number of allylic oxidation sites excluding steroid dienone is 3. The summed E-state index contributed by atoms with van der Waals surface area (Å²) in [5, 5.41) is 0. The van der Waals surface area contributed by atoms with Crippen molar-refractivity contribution in [3.05, 3.63) is 23.0 Å². The summed E-state index contributed by atoms with van der Waals surface area (Å²) in [6.45, 7) is 4.43. The third-order valence-electron chi connectivity index (χ3n) is 2.33. The molecule has 0 radical (unpaired) electrons. The van der Waals surface area contributed by atoms with Gasteiger partial charge in [0.1, 0.15) is 0 Å². The normalized spacial score (nSPS) is 22.6. The fourth-order valence-electron chi connectivity index (χ4n) is 1.41. The van der Waals surface area contributed by atoms with E-state index in [0.29, 0.717) is 0 Å². The molecule has 0 aromatic heterocycles. The molecule has 0 amide bonds. The highest BCUT2D eigenvalue weighted by Gasteiger charge is 2.09. The lowest BCUT2D eigenvalue weighted by molar-refractivity contribution is 0.331. The fourth-order valence-corrected chi connectivity index (χ4v) is 1.41. The van der Waals surface area contributed by atoms with Crippen molar-refractivity contribution in [2.24, 2.45) is 0 Å². The third-order valence-corrected chi connectivity index (χ3v) is 2.33. The Hall–Kier alpha value is -0.720. The summed E-state index contributed by atoms with van der Waals surface area (Å²) in [4.78, 5) is 0. The van der Waals surface area contributed by atoms with Gasteiger partial charge in [-0.3, -0.25) is 0 Å². The maximum absolute atomic E-state index is 4.98. The first-order valence-corrected chi connectivity index (χ1v) is 4.10. The zero-order valence-corrected chi connectivity index (χ0v) is 7.61. The minimum absolute atomic E-state index is 1.11. The summed E-state index contributed by atoms with van der Waals surface area (Å²) >= 11 is 0. The maximum Gasteiger partial charge on any atom is 0.0819 e. The molecule has 1 aliphatic carbocycles. The summed E-state index contributed by atoms with van der Waals surface area (Å²) < 4.78 is 4.98. The highest BCUT2D eigenvalue weighted by molar-refractivity contribution is 5.23. The zero-order chi connectivity index (χ0) is 8.27. The zero-order valence-electron chi connectivity index (χ0n) is 7.61. The summed E-state index contributed by atoms with van der Waals surface area (Å²) in [7, 11) is 1.72. The van der Waals surface area contributed by atoms with Crippen molar-refractivity contribution >= 4 is 0 Å². The second-order valence-electron chi connectivity index (χ2n) is 3.25. The largest absolute Gasteiger partial charge is 0.504 e. The first-order valence-electron chi connectivity index (χ1n) is 4.10. The highest BCUT2D eigenvalue weighted by atomic mass is 16.5. The maximum atomic E-state index is 4.98.